The van der Waals surface area contributed by atoms with Crippen LogP contribution >= 0.6 is 24.2 Å². The molecule has 0 saturated carbocycles. The molecule has 0 radical (unpaired) electrons. The smallest absolute Gasteiger partial charge is 0.237 e. The maximum atomic E-state index is 12.9. The zero-order chi connectivity index (χ0) is 18.9. The number of nitrogens with zero attached hydrogens (tertiary/aromatic N) is 1. The first kappa shape index (κ1) is 23.8. The monoisotopic (exact) mass is 413 g/mol. The Hall–Kier alpha value is -1.24. The van der Waals surface area contributed by atoms with E-state index >= 15 is 0 Å². The van der Waals surface area contributed by atoms with E-state index in [4.69, 9.17) is 5.73 Å². The number of nitrogens with one attached hydrogen (secondary N) is 1. The number of amides is 2. The van der Waals surface area contributed by atoms with Crippen molar-refractivity contribution >= 4 is 36.0 Å². The van der Waals surface area contributed by atoms with Crippen LogP contribution in [-0.2, 0) is 9.59 Å². The summed E-state index contributed by atoms with van der Waals surface area (Å²) in [7, 11) is 0. The maximum Gasteiger partial charge on any atom is 0.237 e. The Bertz CT molecular complexity index is 580. The van der Waals surface area contributed by atoms with Crippen molar-refractivity contribution in [2.45, 2.75) is 50.6 Å². The maximum absolute atomic E-state index is 12.9. The summed E-state index contributed by atoms with van der Waals surface area (Å²) in [6.07, 6.45) is 5.08. The average molecular weight is 414 g/mol. The van der Waals surface area contributed by atoms with E-state index in [2.05, 4.69) is 12.2 Å². The summed E-state index contributed by atoms with van der Waals surface area (Å²) in [5.74, 6) is 0.932. The molecule has 1 unspecified atom stereocenters. The second-order valence-corrected chi connectivity index (χ2v) is 7.85. The van der Waals surface area contributed by atoms with Crippen molar-refractivity contribution < 1.29 is 9.59 Å². The lowest BCUT2D eigenvalue weighted by Crippen LogP contribution is -2.51. The molecule has 1 fully saturated rings. The molecule has 1 aliphatic heterocycles. The summed E-state index contributed by atoms with van der Waals surface area (Å²) in [6, 6.07) is 9.65. The molecule has 1 heterocycles. The van der Waals surface area contributed by atoms with Gasteiger partial charge in [0.05, 0.1) is 12.0 Å². The number of halogens is 1. The Morgan fingerprint density at radius 2 is 1.89 bits per heavy atom. The van der Waals surface area contributed by atoms with Gasteiger partial charge in [0.1, 0.15) is 0 Å². The van der Waals surface area contributed by atoms with Gasteiger partial charge in [0, 0.05) is 19.1 Å². The molecule has 0 aromatic heterocycles. The predicted octanol–water partition coefficient (Wildman–Crippen LogP) is 2.79. The van der Waals surface area contributed by atoms with E-state index in [-0.39, 0.29) is 36.2 Å². The van der Waals surface area contributed by atoms with Gasteiger partial charge in [-0.2, -0.15) is 11.8 Å². The second kappa shape index (κ2) is 12.3. The fourth-order valence-electron chi connectivity index (χ4n) is 3.39. The third kappa shape index (κ3) is 7.01. The molecule has 5 nitrogen and oxygen atoms in total. The number of rotatable bonds is 8. The fourth-order valence-corrected chi connectivity index (χ4v) is 3.88. The van der Waals surface area contributed by atoms with Gasteiger partial charge in [-0.3, -0.25) is 9.59 Å². The van der Waals surface area contributed by atoms with Crippen LogP contribution in [0, 0.1) is 0 Å². The largest absolute Gasteiger partial charge is 0.352 e. The number of carbonyl (C=O) groups excluding carboxylic acids is 2. The lowest BCUT2D eigenvalue weighted by Gasteiger charge is -2.35. The highest BCUT2D eigenvalue weighted by Crippen LogP contribution is 2.24. The number of carbonyl (C=O) groups is 2. The number of hydrogen-bond acceptors (Lipinski definition) is 4. The Balaban J connectivity index is 0.00000364. The molecule has 3 N–H and O–H groups in total. The molecule has 1 aromatic rings. The highest BCUT2D eigenvalue weighted by atomic mass is 35.5. The van der Waals surface area contributed by atoms with Gasteiger partial charge < -0.3 is 16.0 Å². The first-order chi connectivity index (χ1) is 12.6. The molecule has 7 heteroatoms. The van der Waals surface area contributed by atoms with Crippen molar-refractivity contribution in [3.05, 3.63) is 35.9 Å². The number of piperidine rings is 1. The van der Waals surface area contributed by atoms with E-state index in [1.165, 1.54) is 0 Å². The number of likely N-dealkylation sites (tertiary alicyclic amines) is 1. The Labute approximate surface area is 173 Å². The van der Waals surface area contributed by atoms with Gasteiger partial charge in [-0.05, 0) is 43.3 Å². The molecule has 152 valence electrons. The minimum Gasteiger partial charge on any atom is -0.352 e. The summed E-state index contributed by atoms with van der Waals surface area (Å²) in [6.45, 7) is 3.43. The zero-order valence-corrected chi connectivity index (χ0v) is 17.9. The fraction of sp³-hybridized carbons (Fsp3) is 0.600. The summed E-state index contributed by atoms with van der Waals surface area (Å²) >= 11 is 1.70. The van der Waals surface area contributed by atoms with Crippen molar-refractivity contribution in [1.29, 1.82) is 0 Å². The highest BCUT2D eigenvalue weighted by Gasteiger charge is 2.29. The molecule has 1 aliphatic rings. The summed E-state index contributed by atoms with van der Waals surface area (Å²) < 4.78 is 0. The molecule has 0 spiro atoms. The van der Waals surface area contributed by atoms with Crippen LogP contribution in [-0.4, -0.2) is 53.9 Å². The molecule has 2 amide bonds. The van der Waals surface area contributed by atoms with Crippen molar-refractivity contribution in [1.82, 2.24) is 10.2 Å². The van der Waals surface area contributed by atoms with Gasteiger partial charge in [0.2, 0.25) is 11.8 Å². The first-order valence-corrected chi connectivity index (χ1v) is 10.8. The van der Waals surface area contributed by atoms with Gasteiger partial charge in [-0.15, -0.1) is 12.4 Å². The van der Waals surface area contributed by atoms with Crippen LogP contribution in [0.15, 0.2) is 30.3 Å². The van der Waals surface area contributed by atoms with Crippen LogP contribution < -0.4 is 11.1 Å². The quantitative estimate of drug-likeness (QED) is 0.687. The first-order valence-electron chi connectivity index (χ1n) is 9.45. The van der Waals surface area contributed by atoms with E-state index in [1.54, 1.807) is 11.8 Å². The van der Waals surface area contributed by atoms with Gasteiger partial charge in [0.15, 0.2) is 0 Å². The number of benzene rings is 1. The van der Waals surface area contributed by atoms with Crippen LogP contribution in [0.4, 0.5) is 0 Å². The molecular weight excluding hydrogens is 382 g/mol. The lowest BCUT2D eigenvalue weighted by atomic mass is 9.93. The van der Waals surface area contributed by atoms with Crippen LogP contribution in [0.25, 0.3) is 0 Å². The number of hydrogen-bond donors (Lipinski definition) is 2. The molecule has 0 bridgehead atoms. The number of nitrogens with two attached hydrogens (primary N) is 1. The molecule has 27 heavy (non-hydrogen) atoms. The van der Waals surface area contributed by atoms with E-state index in [0.717, 1.165) is 30.6 Å². The van der Waals surface area contributed by atoms with Crippen LogP contribution in [0.2, 0.25) is 0 Å². The molecule has 1 saturated heterocycles. The Morgan fingerprint density at radius 3 is 2.44 bits per heavy atom. The highest BCUT2D eigenvalue weighted by molar-refractivity contribution is 7.98. The van der Waals surface area contributed by atoms with Crippen molar-refractivity contribution in [3.63, 3.8) is 0 Å². The van der Waals surface area contributed by atoms with Gasteiger partial charge in [-0.1, -0.05) is 37.3 Å². The second-order valence-electron chi connectivity index (χ2n) is 6.87. The SMILES string of the molecule is CCC(C(=O)N1CCC(NC(=O)[C@@H](N)CCSC)CC1)c1ccccc1.Cl. The van der Waals surface area contributed by atoms with Gasteiger partial charge in [0.25, 0.3) is 0 Å². The zero-order valence-electron chi connectivity index (χ0n) is 16.2. The summed E-state index contributed by atoms with van der Waals surface area (Å²) in [5.41, 5.74) is 7.01. The van der Waals surface area contributed by atoms with Gasteiger partial charge >= 0.3 is 0 Å². The Kier molecular flexibility index (Phi) is 10.8. The van der Waals surface area contributed by atoms with E-state index in [9.17, 15) is 9.59 Å². The Morgan fingerprint density at radius 1 is 1.26 bits per heavy atom. The number of thioether (sulfide) groups is 1. The minimum atomic E-state index is -0.440. The van der Waals surface area contributed by atoms with Crippen molar-refractivity contribution in [2.75, 3.05) is 25.1 Å². The standard InChI is InChI=1S/C20H31N3O2S.ClH/c1-3-17(15-7-5-4-6-8-15)20(25)23-12-9-16(10-13-23)22-19(24)18(21)11-14-26-2;/h4-8,16-18H,3,9-14,21H2,1-2H3,(H,22,24);1H/t17?,18-;/m0./s1. The third-order valence-corrected chi connectivity index (χ3v) is 5.67. The van der Waals surface area contributed by atoms with Crippen LogP contribution in [0.3, 0.4) is 0 Å². The van der Waals surface area contributed by atoms with E-state index < -0.39 is 6.04 Å². The molecule has 2 atom stereocenters. The summed E-state index contributed by atoms with van der Waals surface area (Å²) in [5, 5.41) is 3.05. The molecule has 1 aromatic carbocycles. The van der Waals surface area contributed by atoms with E-state index in [1.807, 2.05) is 41.5 Å². The van der Waals surface area contributed by atoms with Crippen molar-refractivity contribution in [3.8, 4) is 0 Å². The molecular formula is C20H32ClN3O2S. The van der Waals surface area contributed by atoms with Crippen LogP contribution in [0.5, 0.6) is 0 Å². The van der Waals surface area contributed by atoms with E-state index in [0.29, 0.717) is 19.5 Å². The van der Waals surface area contributed by atoms with Crippen LogP contribution in [0.1, 0.15) is 44.1 Å². The normalized spacial score (nSPS) is 16.9. The lowest BCUT2D eigenvalue weighted by molar-refractivity contribution is -0.134. The van der Waals surface area contributed by atoms with Crippen molar-refractivity contribution in [2.24, 2.45) is 5.73 Å². The predicted molar refractivity (Wildman–Crippen MR) is 115 cm³/mol. The molecule has 2 rings (SSSR count). The topological polar surface area (TPSA) is 75.4 Å². The summed E-state index contributed by atoms with van der Waals surface area (Å²) in [4.78, 5) is 27.0. The van der Waals surface area contributed by atoms with Gasteiger partial charge in [-0.25, -0.2) is 0 Å². The minimum absolute atomic E-state index is 0. The molecule has 0 aliphatic carbocycles. The average Bonchev–Trinajstić information content (AvgIpc) is 2.68. The third-order valence-electron chi connectivity index (χ3n) is 5.03.